The molecule has 0 radical (unpaired) electrons. The first-order chi connectivity index (χ1) is 10.8. The maximum Gasteiger partial charge on any atom is 0.0261 e. The van der Waals surface area contributed by atoms with Gasteiger partial charge in [0.15, 0.2) is 0 Å². The Bertz CT molecular complexity index is 333. The zero-order chi connectivity index (χ0) is 15.4. The average molecular weight is 308 g/mol. The maximum absolute atomic E-state index is 3.68. The lowest BCUT2D eigenvalue weighted by Crippen LogP contribution is -2.57. The fourth-order valence-electron chi connectivity index (χ4n) is 5.13. The average Bonchev–Trinajstić information content (AvgIpc) is 2.56. The van der Waals surface area contributed by atoms with Gasteiger partial charge in [-0.25, -0.2) is 0 Å². The van der Waals surface area contributed by atoms with Crippen LogP contribution in [0.15, 0.2) is 0 Å². The van der Waals surface area contributed by atoms with Crippen molar-refractivity contribution in [2.75, 3.05) is 39.3 Å². The van der Waals surface area contributed by atoms with Gasteiger partial charge in [0.05, 0.1) is 0 Å². The Balaban J connectivity index is 1.61. The van der Waals surface area contributed by atoms with E-state index in [-0.39, 0.29) is 0 Å². The van der Waals surface area contributed by atoms with Crippen LogP contribution in [-0.4, -0.2) is 61.2 Å². The molecule has 0 aromatic carbocycles. The highest BCUT2D eigenvalue weighted by atomic mass is 15.2. The van der Waals surface area contributed by atoms with Crippen molar-refractivity contribution in [1.82, 2.24) is 15.1 Å². The van der Waals surface area contributed by atoms with Gasteiger partial charge in [-0.3, -0.25) is 4.90 Å². The standard InChI is InChI=1S/C19H37N3/c1-3-18-8-4-5-11-21(18)15-17-9-10-20-13-19(17)22-12-6-7-16(2)14-22/h16-20H,3-15H2,1-2H3. The lowest BCUT2D eigenvalue weighted by Gasteiger charge is -2.46. The molecule has 3 heteroatoms. The van der Waals surface area contributed by atoms with Crippen molar-refractivity contribution in [3.05, 3.63) is 0 Å². The fourth-order valence-corrected chi connectivity index (χ4v) is 5.13. The minimum atomic E-state index is 0.788. The molecule has 3 aliphatic heterocycles. The number of likely N-dealkylation sites (tertiary alicyclic amines) is 2. The van der Waals surface area contributed by atoms with Crippen LogP contribution in [0.3, 0.4) is 0 Å². The molecular weight excluding hydrogens is 270 g/mol. The van der Waals surface area contributed by atoms with Crippen LogP contribution in [0.4, 0.5) is 0 Å². The normalized spacial score (nSPS) is 39.0. The van der Waals surface area contributed by atoms with Gasteiger partial charge in [0, 0.05) is 31.7 Å². The Morgan fingerprint density at radius 2 is 1.95 bits per heavy atom. The van der Waals surface area contributed by atoms with Crippen molar-refractivity contribution in [3.63, 3.8) is 0 Å². The molecule has 4 atom stereocenters. The van der Waals surface area contributed by atoms with E-state index in [1.165, 1.54) is 84.2 Å². The van der Waals surface area contributed by atoms with E-state index in [1.54, 1.807) is 0 Å². The third-order valence-electron chi connectivity index (χ3n) is 6.44. The molecule has 4 unspecified atom stereocenters. The van der Waals surface area contributed by atoms with Crippen molar-refractivity contribution in [3.8, 4) is 0 Å². The van der Waals surface area contributed by atoms with E-state index in [2.05, 4.69) is 29.0 Å². The molecular formula is C19H37N3. The van der Waals surface area contributed by atoms with Gasteiger partial charge in [-0.2, -0.15) is 0 Å². The van der Waals surface area contributed by atoms with Gasteiger partial charge in [0.25, 0.3) is 0 Å². The summed E-state index contributed by atoms with van der Waals surface area (Å²) in [7, 11) is 0. The van der Waals surface area contributed by atoms with Crippen LogP contribution in [0.1, 0.15) is 58.8 Å². The smallest absolute Gasteiger partial charge is 0.0261 e. The summed E-state index contributed by atoms with van der Waals surface area (Å²) in [4.78, 5) is 5.68. The molecule has 3 nitrogen and oxygen atoms in total. The molecule has 0 spiro atoms. The zero-order valence-electron chi connectivity index (χ0n) is 14.9. The summed E-state index contributed by atoms with van der Waals surface area (Å²) in [6.45, 7) is 12.7. The van der Waals surface area contributed by atoms with Crippen LogP contribution >= 0.6 is 0 Å². The summed E-state index contributed by atoms with van der Waals surface area (Å²) in [5, 5.41) is 3.68. The Labute approximate surface area is 137 Å². The summed E-state index contributed by atoms with van der Waals surface area (Å²) >= 11 is 0. The van der Waals surface area contributed by atoms with Crippen LogP contribution in [0.25, 0.3) is 0 Å². The maximum atomic E-state index is 3.68. The SMILES string of the molecule is CCC1CCCCN1CC1CCNCC1N1CCCC(C)C1. The minimum absolute atomic E-state index is 0.788. The van der Waals surface area contributed by atoms with Gasteiger partial charge in [-0.15, -0.1) is 0 Å². The lowest BCUT2D eigenvalue weighted by molar-refractivity contribution is 0.0382. The van der Waals surface area contributed by atoms with Gasteiger partial charge in [-0.05, 0) is 70.0 Å². The summed E-state index contributed by atoms with van der Waals surface area (Å²) < 4.78 is 0. The van der Waals surface area contributed by atoms with E-state index in [4.69, 9.17) is 0 Å². The van der Waals surface area contributed by atoms with E-state index in [9.17, 15) is 0 Å². The van der Waals surface area contributed by atoms with E-state index in [0.29, 0.717) is 0 Å². The molecule has 0 aromatic heterocycles. The topological polar surface area (TPSA) is 18.5 Å². The number of nitrogens with one attached hydrogen (secondary N) is 1. The number of hydrogen-bond acceptors (Lipinski definition) is 3. The van der Waals surface area contributed by atoms with Crippen LogP contribution in [0, 0.1) is 11.8 Å². The zero-order valence-corrected chi connectivity index (χ0v) is 14.9. The predicted molar refractivity (Wildman–Crippen MR) is 94.2 cm³/mol. The van der Waals surface area contributed by atoms with E-state index in [0.717, 1.165) is 23.9 Å². The van der Waals surface area contributed by atoms with Crippen LogP contribution < -0.4 is 5.32 Å². The fraction of sp³-hybridized carbons (Fsp3) is 1.00. The first kappa shape index (κ1) is 16.7. The predicted octanol–water partition coefficient (Wildman–Crippen LogP) is 2.96. The molecule has 3 rings (SSSR count). The van der Waals surface area contributed by atoms with Gasteiger partial charge in [0.2, 0.25) is 0 Å². The number of rotatable bonds is 4. The minimum Gasteiger partial charge on any atom is -0.315 e. The number of hydrogen-bond donors (Lipinski definition) is 1. The summed E-state index contributed by atoms with van der Waals surface area (Å²) in [6.07, 6.45) is 9.88. The first-order valence-corrected chi connectivity index (χ1v) is 9.96. The molecule has 0 saturated carbocycles. The highest BCUT2D eigenvalue weighted by Crippen LogP contribution is 2.28. The molecule has 3 saturated heterocycles. The monoisotopic (exact) mass is 307 g/mol. The number of piperidine rings is 3. The Morgan fingerprint density at radius 3 is 2.77 bits per heavy atom. The highest BCUT2D eigenvalue weighted by Gasteiger charge is 2.34. The second kappa shape index (κ2) is 8.12. The molecule has 0 bridgehead atoms. The molecule has 3 fully saturated rings. The molecule has 1 N–H and O–H groups in total. The van der Waals surface area contributed by atoms with Crippen molar-refractivity contribution in [2.24, 2.45) is 11.8 Å². The quantitative estimate of drug-likeness (QED) is 0.861. The van der Waals surface area contributed by atoms with Crippen molar-refractivity contribution >= 4 is 0 Å². The largest absolute Gasteiger partial charge is 0.315 e. The first-order valence-electron chi connectivity index (χ1n) is 9.96. The van der Waals surface area contributed by atoms with Crippen molar-refractivity contribution < 1.29 is 0 Å². The van der Waals surface area contributed by atoms with E-state index >= 15 is 0 Å². The molecule has 0 aromatic rings. The molecule has 3 aliphatic rings. The summed E-state index contributed by atoms with van der Waals surface area (Å²) in [5.41, 5.74) is 0. The van der Waals surface area contributed by atoms with Crippen LogP contribution in [0.5, 0.6) is 0 Å². The lowest BCUT2D eigenvalue weighted by atomic mass is 9.87. The molecule has 0 aliphatic carbocycles. The summed E-state index contributed by atoms with van der Waals surface area (Å²) in [5.74, 6) is 1.79. The highest BCUT2D eigenvalue weighted by molar-refractivity contribution is 4.91. The van der Waals surface area contributed by atoms with Crippen LogP contribution in [0.2, 0.25) is 0 Å². The van der Waals surface area contributed by atoms with Gasteiger partial charge in [0.1, 0.15) is 0 Å². The second-order valence-electron chi connectivity index (χ2n) is 8.12. The van der Waals surface area contributed by atoms with Gasteiger partial charge >= 0.3 is 0 Å². The molecule has 22 heavy (non-hydrogen) atoms. The molecule has 128 valence electrons. The Kier molecular flexibility index (Phi) is 6.17. The molecule has 0 amide bonds. The second-order valence-corrected chi connectivity index (χ2v) is 8.12. The number of nitrogens with zero attached hydrogens (tertiary/aromatic N) is 2. The van der Waals surface area contributed by atoms with Crippen LogP contribution in [-0.2, 0) is 0 Å². The van der Waals surface area contributed by atoms with Crippen molar-refractivity contribution in [2.45, 2.75) is 70.9 Å². The third-order valence-corrected chi connectivity index (χ3v) is 6.44. The molecule has 3 heterocycles. The Morgan fingerprint density at radius 1 is 1.05 bits per heavy atom. The third kappa shape index (κ3) is 4.04. The van der Waals surface area contributed by atoms with Gasteiger partial charge in [-0.1, -0.05) is 20.3 Å². The van der Waals surface area contributed by atoms with E-state index < -0.39 is 0 Å². The van der Waals surface area contributed by atoms with Gasteiger partial charge < -0.3 is 10.2 Å². The Hall–Kier alpha value is -0.120. The summed E-state index contributed by atoms with van der Waals surface area (Å²) in [6, 6.07) is 1.65. The van der Waals surface area contributed by atoms with Crippen molar-refractivity contribution in [1.29, 1.82) is 0 Å². The van der Waals surface area contributed by atoms with E-state index in [1.807, 2.05) is 0 Å².